The second-order valence-corrected chi connectivity index (χ2v) is 7.62. The Bertz CT molecular complexity index is 579. The summed E-state index contributed by atoms with van der Waals surface area (Å²) in [4.78, 5) is 0. The fourth-order valence-corrected chi connectivity index (χ4v) is 3.80. The maximum Gasteiger partial charge on any atom is 0.0618 e. The fourth-order valence-electron chi connectivity index (χ4n) is 3.80. The molecule has 0 aliphatic heterocycles. The lowest BCUT2D eigenvalue weighted by atomic mass is 9.72. The predicted molar refractivity (Wildman–Crippen MR) is 100 cm³/mol. The first-order valence-electron chi connectivity index (χ1n) is 9.00. The van der Waals surface area contributed by atoms with Gasteiger partial charge in [-0.3, -0.25) is 0 Å². The van der Waals surface area contributed by atoms with Gasteiger partial charge in [0.15, 0.2) is 0 Å². The van der Waals surface area contributed by atoms with E-state index in [1.165, 1.54) is 41.6 Å². The van der Waals surface area contributed by atoms with E-state index in [0.29, 0.717) is 5.41 Å². The zero-order valence-corrected chi connectivity index (χ0v) is 15.3. The molecule has 0 fully saturated rings. The molecule has 2 aliphatic rings. The highest BCUT2D eigenvalue weighted by molar-refractivity contribution is 5.41. The smallest absolute Gasteiger partial charge is 0.0618 e. The van der Waals surface area contributed by atoms with Crippen molar-refractivity contribution in [1.82, 2.24) is 0 Å². The summed E-state index contributed by atoms with van der Waals surface area (Å²) in [5.41, 5.74) is 7.44. The third-order valence-electron chi connectivity index (χ3n) is 5.31. The van der Waals surface area contributed by atoms with Gasteiger partial charge in [0.2, 0.25) is 0 Å². The Kier molecular flexibility index (Phi) is 6.24. The van der Waals surface area contributed by atoms with Crippen LogP contribution < -0.4 is 0 Å². The van der Waals surface area contributed by atoms with Crippen molar-refractivity contribution in [3.63, 3.8) is 0 Å². The van der Waals surface area contributed by atoms with Gasteiger partial charge in [0.05, 0.1) is 6.61 Å². The molecule has 0 bridgehead atoms. The minimum absolute atomic E-state index is 0.139. The van der Waals surface area contributed by atoms with Crippen LogP contribution in [0.1, 0.15) is 66.2 Å². The van der Waals surface area contributed by atoms with Gasteiger partial charge in [0.25, 0.3) is 0 Å². The van der Waals surface area contributed by atoms with E-state index >= 15 is 0 Å². The molecule has 23 heavy (non-hydrogen) atoms. The quantitative estimate of drug-likeness (QED) is 0.673. The van der Waals surface area contributed by atoms with Gasteiger partial charge < -0.3 is 5.11 Å². The van der Waals surface area contributed by atoms with E-state index in [-0.39, 0.29) is 6.61 Å². The second-order valence-electron chi connectivity index (χ2n) is 7.62. The summed E-state index contributed by atoms with van der Waals surface area (Å²) in [5, 5.41) is 9.05. The van der Waals surface area contributed by atoms with Crippen LogP contribution in [0.15, 0.2) is 58.2 Å². The van der Waals surface area contributed by atoms with Gasteiger partial charge in [-0.2, -0.15) is 0 Å². The van der Waals surface area contributed by atoms with Crippen LogP contribution >= 0.6 is 0 Å². The van der Waals surface area contributed by atoms with Gasteiger partial charge in [0, 0.05) is 0 Å². The predicted octanol–water partition coefficient (Wildman–Crippen LogP) is 6.04. The van der Waals surface area contributed by atoms with Gasteiger partial charge in [0.1, 0.15) is 0 Å². The number of allylic oxidation sites excluding steroid dienone is 9. The highest BCUT2D eigenvalue weighted by Gasteiger charge is 2.26. The second kappa shape index (κ2) is 7.97. The Morgan fingerprint density at radius 1 is 1.17 bits per heavy atom. The first-order valence-corrected chi connectivity index (χ1v) is 9.00. The largest absolute Gasteiger partial charge is 0.392 e. The Balaban J connectivity index is 2.21. The lowest BCUT2D eigenvalue weighted by Crippen LogP contribution is -2.19. The highest BCUT2D eigenvalue weighted by atomic mass is 16.2. The van der Waals surface area contributed by atoms with Crippen molar-refractivity contribution in [3.8, 4) is 0 Å². The summed E-state index contributed by atoms with van der Waals surface area (Å²) >= 11 is 0. The SMILES string of the molecule is CC1=C(/C=C/C(C)=C2C=C/C(=C/CO)CCC/2)C(C)(C)CCC1. The monoisotopic (exact) mass is 312 g/mol. The molecule has 1 N–H and O–H groups in total. The molecular formula is C22H32O. The lowest BCUT2D eigenvalue weighted by Gasteiger charge is -2.33. The Morgan fingerprint density at radius 3 is 2.65 bits per heavy atom. The Morgan fingerprint density at radius 2 is 1.96 bits per heavy atom. The minimum Gasteiger partial charge on any atom is -0.392 e. The first-order chi connectivity index (χ1) is 10.9. The molecule has 0 aromatic carbocycles. The molecule has 0 atom stereocenters. The summed E-state index contributed by atoms with van der Waals surface area (Å²) in [6.45, 7) is 9.40. The molecule has 1 nitrogen and oxygen atoms in total. The molecule has 126 valence electrons. The van der Waals surface area contributed by atoms with Crippen LogP contribution in [0.4, 0.5) is 0 Å². The van der Waals surface area contributed by atoms with Crippen molar-refractivity contribution in [1.29, 1.82) is 0 Å². The molecule has 0 heterocycles. The van der Waals surface area contributed by atoms with Gasteiger partial charge in [-0.15, -0.1) is 0 Å². The third-order valence-corrected chi connectivity index (χ3v) is 5.31. The molecule has 0 saturated carbocycles. The number of rotatable bonds is 3. The van der Waals surface area contributed by atoms with Crippen LogP contribution in [0, 0.1) is 5.41 Å². The van der Waals surface area contributed by atoms with E-state index in [4.69, 9.17) is 5.11 Å². The van der Waals surface area contributed by atoms with Crippen LogP contribution in [0.25, 0.3) is 0 Å². The van der Waals surface area contributed by atoms with Crippen LogP contribution in [-0.2, 0) is 0 Å². The van der Waals surface area contributed by atoms with Crippen molar-refractivity contribution in [2.24, 2.45) is 5.41 Å². The number of hydrogen-bond donors (Lipinski definition) is 1. The van der Waals surface area contributed by atoms with Gasteiger partial charge in [-0.05, 0) is 80.1 Å². The average Bonchev–Trinajstić information content (AvgIpc) is 2.72. The summed E-state index contributed by atoms with van der Waals surface area (Å²) in [6.07, 6.45) is 18.2. The van der Waals surface area contributed by atoms with E-state index in [1.54, 1.807) is 5.57 Å². The summed E-state index contributed by atoms with van der Waals surface area (Å²) in [6, 6.07) is 0. The molecular weight excluding hydrogens is 280 g/mol. The Hall–Kier alpha value is -1.34. The average molecular weight is 312 g/mol. The summed E-state index contributed by atoms with van der Waals surface area (Å²) in [7, 11) is 0. The zero-order chi connectivity index (χ0) is 16.9. The van der Waals surface area contributed by atoms with E-state index in [0.717, 1.165) is 19.3 Å². The van der Waals surface area contributed by atoms with Crippen molar-refractivity contribution >= 4 is 0 Å². The Labute approximate surface area is 142 Å². The van der Waals surface area contributed by atoms with Gasteiger partial charge >= 0.3 is 0 Å². The molecule has 0 radical (unpaired) electrons. The molecule has 0 amide bonds. The summed E-state index contributed by atoms with van der Waals surface area (Å²) < 4.78 is 0. The molecule has 0 saturated heterocycles. The van der Waals surface area contributed by atoms with Crippen molar-refractivity contribution in [3.05, 3.63) is 58.2 Å². The van der Waals surface area contributed by atoms with Crippen LogP contribution in [-0.4, -0.2) is 11.7 Å². The molecule has 0 aromatic heterocycles. The molecule has 0 unspecified atom stereocenters. The standard InChI is InChI=1S/C22H32O/c1-17(20-9-5-8-19(11-12-20)14-16-23)10-13-21-18(2)7-6-15-22(21,3)4/h10-14,23H,5-9,15-16H2,1-4H3/b13-10+,19-14+,20-17+. The molecule has 2 aliphatic carbocycles. The number of hydrogen-bond acceptors (Lipinski definition) is 1. The number of aliphatic hydroxyl groups is 1. The first kappa shape index (κ1) is 18.0. The van der Waals surface area contributed by atoms with E-state index < -0.39 is 0 Å². The normalized spacial score (nSPS) is 26.0. The highest BCUT2D eigenvalue weighted by Crippen LogP contribution is 2.40. The van der Waals surface area contributed by atoms with E-state index in [2.05, 4.69) is 52.0 Å². The molecule has 2 rings (SSSR count). The topological polar surface area (TPSA) is 20.2 Å². The number of aliphatic hydroxyl groups excluding tert-OH is 1. The van der Waals surface area contributed by atoms with Gasteiger partial charge in [-0.1, -0.05) is 49.8 Å². The molecule has 1 heteroatoms. The zero-order valence-electron chi connectivity index (χ0n) is 15.3. The maximum absolute atomic E-state index is 9.05. The minimum atomic E-state index is 0.139. The van der Waals surface area contributed by atoms with E-state index in [1.807, 2.05) is 6.08 Å². The summed E-state index contributed by atoms with van der Waals surface area (Å²) in [5.74, 6) is 0. The third kappa shape index (κ3) is 4.81. The van der Waals surface area contributed by atoms with Crippen molar-refractivity contribution < 1.29 is 5.11 Å². The fraction of sp³-hybridized carbons (Fsp3) is 0.545. The molecule has 0 spiro atoms. The van der Waals surface area contributed by atoms with Crippen LogP contribution in [0.2, 0.25) is 0 Å². The van der Waals surface area contributed by atoms with Crippen molar-refractivity contribution in [2.45, 2.75) is 66.2 Å². The van der Waals surface area contributed by atoms with Crippen LogP contribution in [0.3, 0.4) is 0 Å². The molecule has 0 aromatic rings. The maximum atomic E-state index is 9.05. The van der Waals surface area contributed by atoms with Crippen LogP contribution in [0.5, 0.6) is 0 Å². The van der Waals surface area contributed by atoms with Gasteiger partial charge in [-0.25, -0.2) is 0 Å². The lowest BCUT2D eigenvalue weighted by molar-refractivity contribution is 0.341. The van der Waals surface area contributed by atoms with Crippen molar-refractivity contribution in [2.75, 3.05) is 6.61 Å². The van der Waals surface area contributed by atoms with E-state index in [9.17, 15) is 0 Å².